The predicted octanol–water partition coefficient (Wildman–Crippen LogP) is 2.98. The molecule has 1 aliphatic heterocycles. The maximum Gasteiger partial charge on any atom is 0.0599 e. The molecule has 0 aromatic heterocycles. The first kappa shape index (κ1) is 15.8. The number of hydrogen-bond donors (Lipinski definition) is 1. The highest BCUT2D eigenvalue weighted by atomic mass is 35.5. The van der Waals surface area contributed by atoms with Gasteiger partial charge in [0.05, 0.1) is 6.10 Å². The summed E-state index contributed by atoms with van der Waals surface area (Å²) in [6.07, 6.45) is 3.58. The molecule has 1 aromatic carbocycles. The van der Waals surface area contributed by atoms with E-state index in [9.17, 15) is 0 Å². The fraction of sp³-hybridized carbons (Fsp3) is 0.625. The molecular formula is C16H25ClN2O. The summed E-state index contributed by atoms with van der Waals surface area (Å²) in [6.45, 7) is 6.68. The first-order valence-electron chi connectivity index (χ1n) is 7.48. The Morgan fingerprint density at radius 1 is 1.35 bits per heavy atom. The Bertz CT molecular complexity index is 417. The lowest BCUT2D eigenvalue weighted by atomic mass is 10.1. The zero-order valence-electron chi connectivity index (χ0n) is 12.3. The summed E-state index contributed by atoms with van der Waals surface area (Å²) in [6, 6.07) is 6.31. The van der Waals surface area contributed by atoms with Gasteiger partial charge in [-0.1, -0.05) is 23.7 Å². The van der Waals surface area contributed by atoms with Crippen LogP contribution in [0.15, 0.2) is 18.2 Å². The van der Waals surface area contributed by atoms with Crippen molar-refractivity contribution in [2.24, 2.45) is 5.73 Å². The number of nitrogens with zero attached hydrogens (tertiary/aromatic N) is 1. The van der Waals surface area contributed by atoms with Gasteiger partial charge in [0.2, 0.25) is 0 Å². The van der Waals surface area contributed by atoms with E-state index in [1.165, 1.54) is 11.1 Å². The van der Waals surface area contributed by atoms with Gasteiger partial charge in [0, 0.05) is 31.3 Å². The van der Waals surface area contributed by atoms with E-state index in [1.54, 1.807) is 0 Å². The SMILES string of the molecule is Cc1ccc(CN2CCC(OCCCN)CC2)c(Cl)c1. The van der Waals surface area contributed by atoms with Gasteiger partial charge in [-0.05, 0) is 49.9 Å². The number of ether oxygens (including phenoxy) is 1. The third kappa shape index (κ3) is 4.74. The van der Waals surface area contributed by atoms with E-state index in [0.717, 1.165) is 50.5 Å². The van der Waals surface area contributed by atoms with Crippen LogP contribution in [0.2, 0.25) is 5.02 Å². The standard InChI is InChI=1S/C16H25ClN2O/c1-13-3-4-14(16(17)11-13)12-19-8-5-15(6-9-19)20-10-2-7-18/h3-4,11,15H,2,5-10,12,18H2,1H3. The average molecular weight is 297 g/mol. The first-order valence-corrected chi connectivity index (χ1v) is 7.86. The van der Waals surface area contributed by atoms with Crippen LogP contribution in [-0.2, 0) is 11.3 Å². The summed E-state index contributed by atoms with van der Waals surface area (Å²) >= 11 is 6.30. The molecule has 1 heterocycles. The highest BCUT2D eigenvalue weighted by Crippen LogP contribution is 2.22. The predicted molar refractivity (Wildman–Crippen MR) is 84.1 cm³/mol. The Kier molecular flexibility index (Phi) is 6.30. The third-order valence-electron chi connectivity index (χ3n) is 3.84. The maximum absolute atomic E-state index is 6.30. The lowest BCUT2D eigenvalue weighted by Gasteiger charge is -2.32. The Hall–Kier alpha value is -0.610. The summed E-state index contributed by atoms with van der Waals surface area (Å²) < 4.78 is 5.83. The number of piperidine rings is 1. The number of halogens is 1. The number of benzene rings is 1. The summed E-state index contributed by atoms with van der Waals surface area (Å²) in [4.78, 5) is 2.46. The molecule has 0 atom stereocenters. The van der Waals surface area contributed by atoms with Crippen molar-refractivity contribution in [3.8, 4) is 0 Å². The van der Waals surface area contributed by atoms with Gasteiger partial charge in [-0.2, -0.15) is 0 Å². The van der Waals surface area contributed by atoms with E-state index < -0.39 is 0 Å². The Labute approximate surface area is 127 Å². The van der Waals surface area contributed by atoms with Crippen molar-refractivity contribution in [2.75, 3.05) is 26.2 Å². The molecule has 0 aliphatic carbocycles. The lowest BCUT2D eigenvalue weighted by Crippen LogP contribution is -2.36. The van der Waals surface area contributed by atoms with Gasteiger partial charge in [-0.25, -0.2) is 0 Å². The van der Waals surface area contributed by atoms with Crippen molar-refractivity contribution in [2.45, 2.75) is 38.8 Å². The van der Waals surface area contributed by atoms with Crippen molar-refractivity contribution in [1.29, 1.82) is 0 Å². The number of hydrogen-bond acceptors (Lipinski definition) is 3. The van der Waals surface area contributed by atoms with Crippen LogP contribution >= 0.6 is 11.6 Å². The molecule has 1 saturated heterocycles. The van der Waals surface area contributed by atoms with Crippen LogP contribution in [0.3, 0.4) is 0 Å². The number of rotatable bonds is 6. The molecule has 2 rings (SSSR count). The summed E-state index contributed by atoms with van der Waals surface area (Å²) in [5, 5.41) is 0.881. The van der Waals surface area contributed by atoms with Crippen LogP contribution in [0.5, 0.6) is 0 Å². The minimum atomic E-state index is 0.409. The second-order valence-corrected chi connectivity index (χ2v) is 5.99. The minimum Gasteiger partial charge on any atom is -0.378 e. The van der Waals surface area contributed by atoms with E-state index in [0.29, 0.717) is 12.6 Å². The molecule has 1 aliphatic rings. The number of nitrogens with two attached hydrogens (primary N) is 1. The van der Waals surface area contributed by atoms with Crippen molar-refractivity contribution >= 4 is 11.6 Å². The first-order chi connectivity index (χ1) is 9.69. The van der Waals surface area contributed by atoms with Gasteiger partial charge in [0.15, 0.2) is 0 Å². The number of likely N-dealkylation sites (tertiary alicyclic amines) is 1. The topological polar surface area (TPSA) is 38.5 Å². The Morgan fingerprint density at radius 2 is 2.10 bits per heavy atom. The van der Waals surface area contributed by atoms with Gasteiger partial charge in [-0.3, -0.25) is 4.90 Å². The van der Waals surface area contributed by atoms with Gasteiger partial charge in [0.1, 0.15) is 0 Å². The average Bonchev–Trinajstić information content (AvgIpc) is 2.44. The van der Waals surface area contributed by atoms with E-state index >= 15 is 0 Å². The van der Waals surface area contributed by atoms with E-state index in [-0.39, 0.29) is 0 Å². The zero-order valence-corrected chi connectivity index (χ0v) is 13.0. The lowest BCUT2D eigenvalue weighted by molar-refractivity contribution is 0.00564. The van der Waals surface area contributed by atoms with Crippen LogP contribution < -0.4 is 5.73 Å². The fourth-order valence-corrected chi connectivity index (χ4v) is 2.88. The van der Waals surface area contributed by atoms with E-state index in [2.05, 4.69) is 24.0 Å². The van der Waals surface area contributed by atoms with Crippen LogP contribution in [0, 0.1) is 6.92 Å². The molecule has 1 aromatic rings. The van der Waals surface area contributed by atoms with Crippen LogP contribution in [0.4, 0.5) is 0 Å². The molecule has 112 valence electrons. The molecule has 0 amide bonds. The molecule has 0 radical (unpaired) electrons. The summed E-state index contributed by atoms with van der Waals surface area (Å²) in [7, 11) is 0. The van der Waals surface area contributed by atoms with Gasteiger partial charge >= 0.3 is 0 Å². The van der Waals surface area contributed by atoms with E-state index in [4.69, 9.17) is 22.1 Å². The minimum absolute atomic E-state index is 0.409. The molecule has 0 spiro atoms. The smallest absolute Gasteiger partial charge is 0.0599 e. The molecule has 1 fully saturated rings. The quantitative estimate of drug-likeness (QED) is 0.820. The van der Waals surface area contributed by atoms with Crippen molar-refractivity contribution < 1.29 is 4.74 Å². The largest absolute Gasteiger partial charge is 0.378 e. The molecule has 20 heavy (non-hydrogen) atoms. The van der Waals surface area contributed by atoms with Crippen molar-refractivity contribution in [1.82, 2.24) is 4.90 Å². The second-order valence-electron chi connectivity index (χ2n) is 5.58. The maximum atomic E-state index is 6.30. The fourth-order valence-electron chi connectivity index (χ4n) is 2.59. The molecule has 2 N–H and O–H groups in total. The van der Waals surface area contributed by atoms with Gasteiger partial charge in [0.25, 0.3) is 0 Å². The van der Waals surface area contributed by atoms with Crippen LogP contribution in [0.25, 0.3) is 0 Å². The van der Waals surface area contributed by atoms with E-state index in [1.807, 2.05) is 6.07 Å². The molecule has 0 bridgehead atoms. The summed E-state index contributed by atoms with van der Waals surface area (Å²) in [5.41, 5.74) is 7.91. The Balaban J connectivity index is 1.76. The molecular weight excluding hydrogens is 272 g/mol. The van der Waals surface area contributed by atoms with Crippen LogP contribution in [0.1, 0.15) is 30.4 Å². The molecule has 3 nitrogen and oxygen atoms in total. The van der Waals surface area contributed by atoms with Crippen LogP contribution in [-0.4, -0.2) is 37.2 Å². The third-order valence-corrected chi connectivity index (χ3v) is 4.19. The Morgan fingerprint density at radius 3 is 2.75 bits per heavy atom. The molecule has 0 unspecified atom stereocenters. The van der Waals surface area contributed by atoms with Gasteiger partial charge in [-0.15, -0.1) is 0 Å². The highest BCUT2D eigenvalue weighted by Gasteiger charge is 2.20. The van der Waals surface area contributed by atoms with Crippen molar-refractivity contribution in [3.05, 3.63) is 34.3 Å². The second kappa shape index (κ2) is 7.99. The highest BCUT2D eigenvalue weighted by molar-refractivity contribution is 6.31. The normalized spacial score (nSPS) is 17.6. The molecule has 4 heteroatoms. The number of aryl methyl sites for hydroxylation is 1. The van der Waals surface area contributed by atoms with Gasteiger partial charge < -0.3 is 10.5 Å². The monoisotopic (exact) mass is 296 g/mol. The van der Waals surface area contributed by atoms with Crippen molar-refractivity contribution in [3.63, 3.8) is 0 Å². The zero-order chi connectivity index (χ0) is 14.4. The summed E-state index contributed by atoms with van der Waals surface area (Å²) in [5.74, 6) is 0. The molecule has 0 saturated carbocycles.